The van der Waals surface area contributed by atoms with E-state index in [0.29, 0.717) is 28.8 Å². The second-order valence-corrected chi connectivity index (χ2v) is 6.44. The fourth-order valence-corrected chi connectivity index (χ4v) is 2.99. The van der Waals surface area contributed by atoms with Gasteiger partial charge in [0.05, 0.1) is 30.3 Å². The van der Waals surface area contributed by atoms with Crippen molar-refractivity contribution in [1.29, 1.82) is 5.26 Å². The van der Waals surface area contributed by atoms with Crippen LogP contribution >= 0.6 is 11.6 Å². The van der Waals surface area contributed by atoms with Gasteiger partial charge < -0.3 is 15.8 Å². The van der Waals surface area contributed by atoms with Crippen LogP contribution in [0.1, 0.15) is 11.1 Å². The summed E-state index contributed by atoms with van der Waals surface area (Å²) in [6, 6.07) is 23.0. The number of halogens is 1. The average molecular weight is 391 g/mol. The van der Waals surface area contributed by atoms with Crippen LogP contribution in [-0.4, -0.2) is 13.1 Å². The molecule has 0 aromatic heterocycles. The molecular weight excluding hydrogens is 372 g/mol. The number of nitriles is 1. The molecule has 0 saturated heterocycles. The van der Waals surface area contributed by atoms with Crippen LogP contribution in [0.25, 0.3) is 11.1 Å². The van der Waals surface area contributed by atoms with Crippen LogP contribution in [0.15, 0.2) is 71.7 Å². The van der Waals surface area contributed by atoms with E-state index in [1.165, 1.54) is 0 Å². The van der Waals surface area contributed by atoms with Gasteiger partial charge in [-0.05, 0) is 41.0 Å². The van der Waals surface area contributed by atoms with Crippen molar-refractivity contribution in [3.8, 4) is 22.9 Å². The first kappa shape index (κ1) is 19.3. The predicted octanol–water partition coefficient (Wildman–Crippen LogP) is 4.81. The lowest BCUT2D eigenvalue weighted by atomic mass is 9.99. The van der Waals surface area contributed by atoms with Gasteiger partial charge in [-0.25, -0.2) is 4.99 Å². The Labute approximate surface area is 169 Å². The molecule has 3 rings (SSSR count). The van der Waals surface area contributed by atoms with Crippen molar-refractivity contribution >= 4 is 23.2 Å². The van der Waals surface area contributed by atoms with Crippen molar-refractivity contribution in [3.63, 3.8) is 0 Å². The number of anilines is 1. The van der Waals surface area contributed by atoms with Crippen LogP contribution in [0.4, 0.5) is 5.69 Å². The molecule has 0 radical (unpaired) electrons. The summed E-state index contributed by atoms with van der Waals surface area (Å²) in [6.45, 7) is 0.433. The van der Waals surface area contributed by atoms with Crippen LogP contribution < -0.4 is 15.8 Å². The minimum Gasteiger partial charge on any atom is -0.495 e. The fourth-order valence-electron chi connectivity index (χ4n) is 2.73. The van der Waals surface area contributed by atoms with Crippen molar-refractivity contribution in [2.24, 2.45) is 10.7 Å². The highest BCUT2D eigenvalue weighted by molar-refractivity contribution is 6.32. The molecule has 0 aliphatic heterocycles. The second kappa shape index (κ2) is 8.94. The molecule has 5 nitrogen and oxygen atoms in total. The second-order valence-electron chi connectivity index (χ2n) is 6.03. The monoisotopic (exact) mass is 390 g/mol. The van der Waals surface area contributed by atoms with Crippen LogP contribution in [0.5, 0.6) is 5.75 Å². The summed E-state index contributed by atoms with van der Waals surface area (Å²) >= 11 is 6.11. The number of nitrogens with one attached hydrogen (secondary N) is 1. The molecule has 0 atom stereocenters. The van der Waals surface area contributed by atoms with Crippen LogP contribution in [0.2, 0.25) is 5.02 Å². The van der Waals surface area contributed by atoms with Crippen molar-refractivity contribution in [2.45, 2.75) is 6.54 Å². The number of benzene rings is 3. The van der Waals surface area contributed by atoms with Gasteiger partial charge in [-0.15, -0.1) is 0 Å². The summed E-state index contributed by atoms with van der Waals surface area (Å²) in [5, 5.41) is 12.7. The molecule has 3 aromatic rings. The van der Waals surface area contributed by atoms with Gasteiger partial charge in [-0.2, -0.15) is 5.26 Å². The average Bonchev–Trinajstić information content (AvgIpc) is 2.73. The molecule has 3 aromatic carbocycles. The largest absolute Gasteiger partial charge is 0.495 e. The topological polar surface area (TPSA) is 83.4 Å². The highest BCUT2D eigenvalue weighted by atomic mass is 35.5. The number of guanidine groups is 1. The Hall–Kier alpha value is -3.49. The standard InChI is InChI=1S/C22H19ClN4O/c1-28-21-11-10-18(12-20(21)23)27-22(25)26-14-15-6-8-16(9-7-15)19-5-3-2-4-17(19)13-24/h2-12H,14H2,1H3,(H3,25,26,27). The van der Waals surface area contributed by atoms with Gasteiger partial charge in [-0.3, -0.25) is 0 Å². The molecule has 140 valence electrons. The van der Waals surface area contributed by atoms with Crippen molar-refractivity contribution < 1.29 is 4.74 Å². The smallest absolute Gasteiger partial charge is 0.193 e. The SMILES string of the molecule is COc1ccc(NC(N)=NCc2ccc(-c3ccccc3C#N)cc2)cc1Cl. The normalized spacial score (nSPS) is 11.0. The summed E-state index contributed by atoms with van der Waals surface area (Å²) in [5.74, 6) is 0.890. The summed E-state index contributed by atoms with van der Waals surface area (Å²) in [7, 11) is 1.56. The lowest BCUT2D eigenvalue weighted by Crippen LogP contribution is -2.22. The number of aliphatic imine (C=N–C) groups is 1. The third kappa shape index (κ3) is 4.61. The molecule has 28 heavy (non-hydrogen) atoms. The van der Waals surface area contributed by atoms with E-state index in [1.54, 1.807) is 19.2 Å². The Kier molecular flexibility index (Phi) is 6.15. The first-order valence-electron chi connectivity index (χ1n) is 8.59. The Morgan fingerprint density at radius 1 is 1.14 bits per heavy atom. The molecule has 6 heteroatoms. The van der Waals surface area contributed by atoms with Crippen molar-refractivity contribution in [1.82, 2.24) is 0 Å². The molecule has 0 fully saturated rings. The van der Waals surface area contributed by atoms with Gasteiger partial charge in [0.25, 0.3) is 0 Å². The van der Waals surface area contributed by atoms with E-state index in [1.807, 2.05) is 54.6 Å². The zero-order valence-electron chi connectivity index (χ0n) is 15.3. The first-order valence-corrected chi connectivity index (χ1v) is 8.97. The zero-order chi connectivity index (χ0) is 19.9. The highest BCUT2D eigenvalue weighted by Crippen LogP contribution is 2.27. The number of hydrogen-bond acceptors (Lipinski definition) is 3. The summed E-state index contributed by atoms with van der Waals surface area (Å²) in [6.07, 6.45) is 0. The maximum absolute atomic E-state index is 9.24. The van der Waals surface area contributed by atoms with Gasteiger partial charge in [0.2, 0.25) is 0 Å². The van der Waals surface area contributed by atoms with Crippen LogP contribution in [0.3, 0.4) is 0 Å². The number of hydrogen-bond donors (Lipinski definition) is 2. The molecule has 0 unspecified atom stereocenters. The van der Waals surface area contributed by atoms with E-state index in [-0.39, 0.29) is 0 Å². The minimum absolute atomic E-state index is 0.292. The summed E-state index contributed by atoms with van der Waals surface area (Å²) < 4.78 is 5.13. The molecule has 0 amide bonds. The molecule has 0 spiro atoms. The van der Waals surface area contributed by atoms with Crippen LogP contribution in [0, 0.1) is 11.3 Å². The van der Waals surface area contributed by atoms with E-state index in [4.69, 9.17) is 22.1 Å². The van der Waals surface area contributed by atoms with E-state index < -0.39 is 0 Å². The number of rotatable bonds is 5. The van der Waals surface area contributed by atoms with Gasteiger partial charge in [0.1, 0.15) is 5.75 Å². The van der Waals surface area contributed by atoms with Crippen LogP contribution in [-0.2, 0) is 6.54 Å². The fraction of sp³-hybridized carbons (Fsp3) is 0.0909. The third-order valence-corrected chi connectivity index (χ3v) is 4.46. The van der Waals surface area contributed by atoms with Gasteiger partial charge in [0, 0.05) is 5.69 Å². The maximum atomic E-state index is 9.24. The summed E-state index contributed by atoms with van der Waals surface area (Å²) in [5.41, 5.74) is 10.3. The lowest BCUT2D eigenvalue weighted by Gasteiger charge is -2.09. The van der Waals surface area contributed by atoms with Gasteiger partial charge in [-0.1, -0.05) is 54.1 Å². The molecule has 0 saturated carbocycles. The van der Waals surface area contributed by atoms with Crippen molar-refractivity contribution in [3.05, 3.63) is 82.9 Å². The maximum Gasteiger partial charge on any atom is 0.193 e. The zero-order valence-corrected chi connectivity index (χ0v) is 16.1. The van der Waals surface area contributed by atoms with Crippen molar-refractivity contribution in [2.75, 3.05) is 12.4 Å². The number of nitrogens with zero attached hydrogens (tertiary/aromatic N) is 2. The quantitative estimate of drug-likeness (QED) is 0.483. The summed E-state index contributed by atoms with van der Waals surface area (Å²) in [4.78, 5) is 4.35. The Morgan fingerprint density at radius 3 is 2.57 bits per heavy atom. The van der Waals surface area contributed by atoms with E-state index in [2.05, 4.69) is 16.4 Å². The number of nitrogens with two attached hydrogens (primary N) is 1. The van der Waals surface area contributed by atoms with E-state index in [9.17, 15) is 5.26 Å². The minimum atomic E-state index is 0.292. The van der Waals surface area contributed by atoms with Gasteiger partial charge in [0.15, 0.2) is 5.96 Å². The molecular formula is C22H19ClN4O. The van der Waals surface area contributed by atoms with Gasteiger partial charge >= 0.3 is 0 Å². The molecule has 0 aliphatic carbocycles. The highest BCUT2D eigenvalue weighted by Gasteiger charge is 2.05. The Balaban J connectivity index is 1.67. The Bertz CT molecular complexity index is 1040. The molecule has 0 bridgehead atoms. The van der Waals surface area contributed by atoms with E-state index >= 15 is 0 Å². The molecule has 0 heterocycles. The third-order valence-electron chi connectivity index (χ3n) is 4.17. The molecule has 0 aliphatic rings. The predicted molar refractivity (Wildman–Crippen MR) is 114 cm³/mol. The number of ether oxygens (including phenoxy) is 1. The molecule has 3 N–H and O–H groups in total. The number of methoxy groups -OCH3 is 1. The lowest BCUT2D eigenvalue weighted by molar-refractivity contribution is 0.415. The first-order chi connectivity index (χ1) is 13.6. The Morgan fingerprint density at radius 2 is 1.89 bits per heavy atom. The van der Waals surface area contributed by atoms with E-state index in [0.717, 1.165) is 22.4 Å².